The molecule has 3 rings (SSSR count). The normalized spacial score (nSPS) is 15.4. The van der Waals surface area contributed by atoms with Crippen molar-refractivity contribution in [2.75, 3.05) is 13.7 Å². The van der Waals surface area contributed by atoms with Crippen molar-refractivity contribution >= 4 is 34.9 Å². The number of benzene rings is 3. The number of carbonyl (C=O) groups excluding carboxylic acids is 2. The highest BCUT2D eigenvalue weighted by Crippen LogP contribution is 2.37. The molecule has 0 heterocycles. The van der Waals surface area contributed by atoms with Crippen molar-refractivity contribution in [1.82, 2.24) is 5.32 Å². The smallest absolute Gasteiger partial charge is 0.405 e. The van der Waals surface area contributed by atoms with E-state index in [2.05, 4.69) is 0 Å². The number of hydrogen-bond donors (Lipinski definition) is 3. The second-order valence-corrected chi connectivity index (χ2v) is 12.7. The first kappa shape index (κ1) is 38.2. The molecule has 0 aliphatic rings. The molecule has 0 saturated heterocycles. The van der Waals surface area contributed by atoms with Gasteiger partial charge in [0.2, 0.25) is 5.78 Å². The summed E-state index contributed by atoms with van der Waals surface area (Å²) in [4.78, 5) is 25.5. The van der Waals surface area contributed by atoms with Crippen LogP contribution >= 0.6 is 23.2 Å². The molecule has 0 saturated carbocycles. The fourth-order valence-electron chi connectivity index (χ4n) is 5.74. The molecule has 0 aliphatic carbocycles. The predicted octanol–water partition coefficient (Wildman–Crippen LogP) is 7.19. The number of rotatable bonds is 15. The van der Waals surface area contributed by atoms with Gasteiger partial charge in [-0.1, -0.05) is 85.6 Å². The number of halogens is 7. The summed E-state index contributed by atoms with van der Waals surface area (Å²) >= 11 is 12.6. The molecule has 3 unspecified atom stereocenters. The highest BCUT2D eigenvalue weighted by atomic mass is 35.5. The standard InChI is InChI=1S/C34H38Cl2F5N3O3/c1-19(2)29(31(45)34(40,41)32(46)44-18-33(37,38)39)30(43)25(15-20-7-5-4-6-8-20)28(42)17-24(21-9-12-23(47-3)13-10-21)22-11-14-26(35)27(36)16-22/h4-14,16,19,24-25,28-30H,15,17-18,42-43H2,1-3H3,(H,44,46)/t24?,25-,28?,29-,30?/m0/s1. The van der Waals surface area contributed by atoms with Crippen LogP contribution in [0.3, 0.4) is 0 Å². The van der Waals surface area contributed by atoms with E-state index in [4.69, 9.17) is 39.4 Å². The third kappa shape index (κ3) is 10.1. The molecule has 5 N–H and O–H groups in total. The Hall–Kier alpha value is -3.25. The number of ketones is 1. The van der Waals surface area contributed by atoms with Gasteiger partial charge in [0.25, 0.3) is 5.91 Å². The Balaban J connectivity index is 2.04. The van der Waals surface area contributed by atoms with Crippen molar-refractivity contribution in [3.8, 4) is 5.75 Å². The lowest BCUT2D eigenvalue weighted by Crippen LogP contribution is -2.57. The van der Waals surface area contributed by atoms with E-state index in [0.717, 1.165) is 22.0 Å². The number of nitrogens with two attached hydrogens (primary N) is 2. The monoisotopic (exact) mass is 701 g/mol. The Morgan fingerprint density at radius 3 is 2.00 bits per heavy atom. The molecular weight excluding hydrogens is 664 g/mol. The maximum absolute atomic E-state index is 15.2. The molecule has 3 aromatic carbocycles. The zero-order valence-corrected chi connectivity index (χ0v) is 27.6. The lowest BCUT2D eigenvalue weighted by atomic mass is 9.71. The van der Waals surface area contributed by atoms with Crippen LogP contribution < -0.4 is 21.5 Å². The van der Waals surface area contributed by atoms with Crippen LogP contribution in [-0.4, -0.2) is 49.5 Å². The zero-order chi connectivity index (χ0) is 35.1. The summed E-state index contributed by atoms with van der Waals surface area (Å²) in [5.74, 6) is -12.0. The zero-order valence-electron chi connectivity index (χ0n) is 26.0. The van der Waals surface area contributed by atoms with Gasteiger partial charge in [0.15, 0.2) is 0 Å². The Morgan fingerprint density at radius 1 is 0.872 bits per heavy atom. The maximum atomic E-state index is 15.2. The van der Waals surface area contributed by atoms with E-state index < -0.39 is 60.2 Å². The molecule has 0 radical (unpaired) electrons. The summed E-state index contributed by atoms with van der Waals surface area (Å²) in [7, 11) is 1.53. The van der Waals surface area contributed by atoms with Gasteiger partial charge in [-0.3, -0.25) is 9.59 Å². The van der Waals surface area contributed by atoms with E-state index in [9.17, 15) is 22.8 Å². The molecule has 47 heavy (non-hydrogen) atoms. The van der Waals surface area contributed by atoms with Crippen molar-refractivity contribution < 1.29 is 36.3 Å². The van der Waals surface area contributed by atoms with Crippen molar-refractivity contribution in [1.29, 1.82) is 0 Å². The number of hydrogen-bond acceptors (Lipinski definition) is 5. The lowest BCUT2D eigenvalue weighted by molar-refractivity contribution is -0.167. The first-order chi connectivity index (χ1) is 22.0. The summed E-state index contributed by atoms with van der Waals surface area (Å²) in [5, 5.41) is 1.77. The van der Waals surface area contributed by atoms with Gasteiger partial charge in [0.05, 0.1) is 17.2 Å². The van der Waals surface area contributed by atoms with E-state index in [1.165, 1.54) is 21.0 Å². The van der Waals surface area contributed by atoms with Crippen molar-refractivity contribution in [3.05, 3.63) is 99.5 Å². The first-order valence-electron chi connectivity index (χ1n) is 14.9. The van der Waals surface area contributed by atoms with E-state index in [1.54, 1.807) is 60.7 Å². The third-order valence-electron chi connectivity index (χ3n) is 8.21. The van der Waals surface area contributed by atoms with Crippen molar-refractivity contribution in [3.63, 3.8) is 0 Å². The average Bonchev–Trinajstić information content (AvgIpc) is 3.02. The van der Waals surface area contributed by atoms with Gasteiger partial charge in [0, 0.05) is 23.9 Å². The molecule has 13 heteroatoms. The molecule has 0 bridgehead atoms. The molecule has 0 fully saturated rings. The number of nitrogens with one attached hydrogen (secondary N) is 1. The third-order valence-corrected chi connectivity index (χ3v) is 8.95. The van der Waals surface area contributed by atoms with Crippen LogP contribution in [0.25, 0.3) is 0 Å². The molecule has 0 spiro atoms. The van der Waals surface area contributed by atoms with Crippen LogP contribution in [0, 0.1) is 17.8 Å². The average molecular weight is 703 g/mol. The van der Waals surface area contributed by atoms with Crippen LogP contribution in [-0.2, 0) is 16.0 Å². The van der Waals surface area contributed by atoms with Crippen LogP contribution in [0.5, 0.6) is 5.75 Å². The number of amides is 1. The number of ether oxygens (including phenoxy) is 1. The predicted molar refractivity (Wildman–Crippen MR) is 173 cm³/mol. The molecule has 1 amide bonds. The molecule has 0 aromatic heterocycles. The van der Waals surface area contributed by atoms with E-state index >= 15 is 8.78 Å². The largest absolute Gasteiger partial charge is 0.497 e. The Kier molecular flexibility index (Phi) is 13.2. The fourth-order valence-corrected chi connectivity index (χ4v) is 6.04. The van der Waals surface area contributed by atoms with Gasteiger partial charge < -0.3 is 21.5 Å². The molecule has 3 aromatic rings. The number of Topliss-reactive ketones (excluding diaryl/α,β-unsaturated/α-hetero) is 1. The van der Waals surface area contributed by atoms with Gasteiger partial charge in [-0.2, -0.15) is 22.0 Å². The first-order valence-corrected chi connectivity index (χ1v) is 15.6. The second-order valence-electron chi connectivity index (χ2n) is 11.8. The molecule has 0 aliphatic heterocycles. The van der Waals surface area contributed by atoms with Crippen LogP contribution in [0.4, 0.5) is 22.0 Å². The molecular formula is C34H38Cl2F5N3O3. The van der Waals surface area contributed by atoms with Crippen LogP contribution in [0.2, 0.25) is 10.0 Å². The summed E-state index contributed by atoms with van der Waals surface area (Å²) in [5.41, 5.74) is 15.9. The Labute approximate surface area is 280 Å². The van der Waals surface area contributed by atoms with Crippen LogP contribution in [0.15, 0.2) is 72.8 Å². The highest BCUT2D eigenvalue weighted by Gasteiger charge is 2.53. The van der Waals surface area contributed by atoms with Crippen LogP contribution in [0.1, 0.15) is 42.9 Å². The fraction of sp³-hybridized carbons (Fsp3) is 0.412. The maximum Gasteiger partial charge on any atom is 0.405 e. The van der Waals surface area contributed by atoms with Crippen molar-refractivity contribution in [2.45, 2.75) is 56.8 Å². The summed E-state index contributed by atoms with van der Waals surface area (Å²) in [6.45, 7) is 0.941. The molecule has 6 nitrogen and oxygen atoms in total. The quantitative estimate of drug-likeness (QED) is 0.115. The van der Waals surface area contributed by atoms with Gasteiger partial charge >= 0.3 is 12.1 Å². The SMILES string of the molecule is COc1ccc(C(CC(N)[C@H](Cc2ccccc2)C(N)[C@@H](C(=O)C(F)(F)C(=O)NCC(F)(F)F)C(C)C)c2ccc(Cl)c(Cl)c2)cc1. The number of methoxy groups -OCH3 is 1. The summed E-state index contributed by atoms with van der Waals surface area (Å²) in [6, 6.07) is 19.2. The van der Waals surface area contributed by atoms with E-state index in [0.29, 0.717) is 15.8 Å². The summed E-state index contributed by atoms with van der Waals surface area (Å²) < 4.78 is 73.6. The summed E-state index contributed by atoms with van der Waals surface area (Å²) in [6.07, 6.45) is -4.55. The Morgan fingerprint density at radius 2 is 1.47 bits per heavy atom. The number of carbonyl (C=O) groups is 2. The van der Waals surface area contributed by atoms with Gasteiger partial charge in [0.1, 0.15) is 12.3 Å². The topological polar surface area (TPSA) is 107 Å². The highest BCUT2D eigenvalue weighted by molar-refractivity contribution is 6.42. The molecule has 256 valence electrons. The Bertz CT molecular complexity index is 1490. The van der Waals surface area contributed by atoms with Gasteiger partial charge in [-0.25, -0.2) is 0 Å². The van der Waals surface area contributed by atoms with Gasteiger partial charge in [-0.05, 0) is 65.6 Å². The molecule has 5 atom stereocenters. The van der Waals surface area contributed by atoms with Crippen molar-refractivity contribution in [2.24, 2.45) is 29.2 Å². The minimum atomic E-state index is -4.95. The number of alkyl halides is 5. The van der Waals surface area contributed by atoms with E-state index in [1.807, 2.05) is 12.1 Å². The van der Waals surface area contributed by atoms with E-state index in [-0.39, 0.29) is 18.8 Å². The lowest BCUT2D eigenvalue weighted by Gasteiger charge is -2.38. The van der Waals surface area contributed by atoms with Gasteiger partial charge in [-0.15, -0.1) is 0 Å². The minimum absolute atomic E-state index is 0.183. The minimum Gasteiger partial charge on any atom is -0.497 e. The second kappa shape index (κ2) is 16.2.